The van der Waals surface area contributed by atoms with Crippen molar-refractivity contribution in [1.82, 2.24) is 5.32 Å². The number of halogens is 2. The predicted molar refractivity (Wildman–Crippen MR) is 95.3 cm³/mol. The van der Waals surface area contributed by atoms with Gasteiger partial charge >= 0.3 is 0 Å². The standard InChI is InChI=1S/C18H17BrClNO2/c1-11-3-4-15(23-2)10-16(11)17(22)21-18(5-6-18)12-7-13(19)9-14(20)8-12/h3-4,7-10H,5-6H2,1-2H3,(H,21,22). The van der Waals surface area contributed by atoms with Gasteiger partial charge in [-0.2, -0.15) is 0 Å². The molecule has 3 nitrogen and oxygen atoms in total. The van der Waals surface area contributed by atoms with Crippen LogP contribution in [0.4, 0.5) is 0 Å². The van der Waals surface area contributed by atoms with E-state index in [2.05, 4.69) is 21.2 Å². The van der Waals surface area contributed by atoms with Crippen LogP contribution in [0.15, 0.2) is 40.9 Å². The molecule has 0 aromatic heterocycles. The van der Waals surface area contributed by atoms with Crippen molar-refractivity contribution < 1.29 is 9.53 Å². The molecule has 1 aliphatic rings. The van der Waals surface area contributed by atoms with Crippen LogP contribution in [0, 0.1) is 6.92 Å². The van der Waals surface area contributed by atoms with Gasteiger partial charge in [0.1, 0.15) is 5.75 Å². The molecule has 0 aliphatic heterocycles. The van der Waals surface area contributed by atoms with Gasteiger partial charge in [-0.1, -0.05) is 33.6 Å². The van der Waals surface area contributed by atoms with Crippen molar-refractivity contribution in [3.8, 4) is 5.75 Å². The first-order valence-electron chi connectivity index (χ1n) is 7.37. The Hall–Kier alpha value is -1.52. The highest BCUT2D eigenvalue weighted by Gasteiger charge is 2.46. The third kappa shape index (κ3) is 3.38. The fraction of sp³-hybridized carbons (Fsp3) is 0.278. The summed E-state index contributed by atoms with van der Waals surface area (Å²) >= 11 is 9.60. The summed E-state index contributed by atoms with van der Waals surface area (Å²) in [4.78, 5) is 12.7. The van der Waals surface area contributed by atoms with Crippen LogP contribution >= 0.6 is 27.5 Å². The Bertz CT molecular complexity index is 751. The summed E-state index contributed by atoms with van der Waals surface area (Å²) in [6.45, 7) is 1.92. The van der Waals surface area contributed by atoms with Gasteiger partial charge < -0.3 is 10.1 Å². The van der Waals surface area contributed by atoms with Gasteiger partial charge in [0.25, 0.3) is 5.91 Å². The Morgan fingerprint density at radius 3 is 2.61 bits per heavy atom. The Balaban J connectivity index is 1.88. The summed E-state index contributed by atoms with van der Waals surface area (Å²) in [5.74, 6) is 0.589. The van der Waals surface area contributed by atoms with E-state index in [9.17, 15) is 4.79 Å². The van der Waals surface area contributed by atoms with Gasteiger partial charge in [-0.15, -0.1) is 0 Å². The quantitative estimate of drug-likeness (QED) is 0.806. The summed E-state index contributed by atoms with van der Waals surface area (Å²) in [5, 5.41) is 3.83. The second-order valence-electron chi connectivity index (χ2n) is 5.88. The maximum atomic E-state index is 12.7. The maximum Gasteiger partial charge on any atom is 0.252 e. The lowest BCUT2D eigenvalue weighted by Gasteiger charge is -2.20. The number of carbonyl (C=O) groups is 1. The number of rotatable bonds is 4. The van der Waals surface area contributed by atoms with Crippen LogP contribution in [0.5, 0.6) is 5.75 Å². The van der Waals surface area contributed by atoms with Crippen molar-refractivity contribution in [2.45, 2.75) is 25.3 Å². The lowest BCUT2D eigenvalue weighted by molar-refractivity contribution is 0.0930. The molecule has 1 aliphatic carbocycles. The second-order valence-corrected chi connectivity index (χ2v) is 7.23. The van der Waals surface area contributed by atoms with E-state index in [-0.39, 0.29) is 11.4 Å². The number of aryl methyl sites for hydroxylation is 1. The van der Waals surface area contributed by atoms with Crippen molar-refractivity contribution in [2.75, 3.05) is 7.11 Å². The Kier molecular flexibility index (Phi) is 4.39. The molecule has 23 heavy (non-hydrogen) atoms. The summed E-state index contributed by atoms with van der Waals surface area (Å²) < 4.78 is 6.13. The summed E-state index contributed by atoms with van der Waals surface area (Å²) in [6, 6.07) is 11.3. The van der Waals surface area contributed by atoms with Crippen molar-refractivity contribution in [1.29, 1.82) is 0 Å². The van der Waals surface area contributed by atoms with Crippen LogP contribution in [-0.4, -0.2) is 13.0 Å². The zero-order valence-electron chi connectivity index (χ0n) is 13.0. The molecule has 1 N–H and O–H groups in total. The van der Waals surface area contributed by atoms with Crippen LogP contribution in [0.25, 0.3) is 0 Å². The Morgan fingerprint density at radius 1 is 1.26 bits per heavy atom. The summed E-state index contributed by atoms with van der Waals surface area (Å²) in [7, 11) is 1.60. The molecular weight excluding hydrogens is 378 g/mol. The smallest absolute Gasteiger partial charge is 0.252 e. The third-order valence-electron chi connectivity index (χ3n) is 4.21. The molecule has 1 fully saturated rings. The summed E-state index contributed by atoms with van der Waals surface area (Å²) in [5.41, 5.74) is 2.27. The zero-order valence-corrected chi connectivity index (χ0v) is 15.3. The zero-order chi connectivity index (χ0) is 16.6. The molecule has 0 atom stereocenters. The van der Waals surface area contributed by atoms with Crippen LogP contribution in [0.3, 0.4) is 0 Å². The molecule has 2 aromatic rings. The van der Waals surface area contributed by atoms with Crippen molar-refractivity contribution in [3.05, 3.63) is 62.6 Å². The van der Waals surface area contributed by atoms with Crippen LogP contribution in [-0.2, 0) is 5.54 Å². The van der Waals surface area contributed by atoms with Crippen molar-refractivity contribution >= 4 is 33.4 Å². The van der Waals surface area contributed by atoms with Gasteiger partial charge in [-0.3, -0.25) is 4.79 Å². The van der Waals surface area contributed by atoms with Gasteiger partial charge in [0.2, 0.25) is 0 Å². The first kappa shape index (κ1) is 16.3. The SMILES string of the molecule is COc1ccc(C)c(C(=O)NC2(c3cc(Cl)cc(Br)c3)CC2)c1. The Labute approximate surface area is 149 Å². The van der Waals surface area contributed by atoms with E-state index >= 15 is 0 Å². The van der Waals surface area contributed by atoms with E-state index < -0.39 is 0 Å². The molecule has 3 rings (SSSR count). The highest BCUT2D eigenvalue weighted by atomic mass is 79.9. The average molecular weight is 395 g/mol. The molecule has 0 spiro atoms. The summed E-state index contributed by atoms with van der Waals surface area (Å²) in [6.07, 6.45) is 1.82. The van der Waals surface area contributed by atoms with Crippen LogP contribution < -0.4 is 10.1 Å². The highest BCUT2D eigenvalue weighted by Crippen LogP contribution is 2.47. The van der Waals surface area contributed by atoms with Gasteiger partial charge in [0.05, 0.1) is 12.6 Å². The maximum absolute atomic E-state index is 12.7. The normalized spacial score (nSPS) is 15.1. The fourth-order valence-corrected chi connectivity index (χ4v) is 3.56. The number of hydrogen-bond acceptors (Lipinski definition) is 2. The van der Waals surface area contributed by atoms with Gasteiger partial charge in [-0.05, 0) is 61.2 Å². The molecule has 120 valence electrons. The van der Waals surface area contributed by atoms with Crippen molar-refractivity contribution in [3.63, 3.8) is 0 Å². The Morgan fingerprint density at radius 2 is 2.00 bits per heavy atom. The number of amides is 1. The topological polar surface area (TPSA) is 38.3 Å². The van der Waals surface area contributed by atoms with E-state index in [0.717, 1.165) is 28.4 Å². The van der Waals surface area contributed by atoms with Gasteiger partial charge in [0.15, 0.2) is 0 Å². The first-order valence-corrected chi connectivity index (χ1v) is 8.54. The number of methoxy groups -OCH3 is 1. The highest BCUT2D eigenvalue weighted by molar-refractivity contribution is 9.10. The molecular formula is C18H17BrClNO2. The number of hydrogen-bond donors (Lipinski definition) is 1. The molecule has 5 heteroatoms. The molecule has 1 amide bonds. The van der Waals surface area contributed by atoms with E-state index in [4.69, 9.17) is 16.3 Å². The largest absolute Gasteiger partial charge is 0.497 e. The van der Waals surface area contributed by atoms with E-state index in [1.54, 1.807) is 13.2 Å². The average Bonchev–Trinajstić information content (AvgIpc) is 3.27. The lowest BCUT2D eigenvalue weighted by Crippen LogP contribution is -2.35. The van der Waals surface area contributed by atoms with Crippen LogP contribution in [0.2, 0.25) is 5.02 Å². The predicted octanol–water partition coefficient (Wildman–Crippen LogP) is 4.84. The van der Waals surface area contributed by atoms with E-state index in [1.165, 1.54) is 0 Å². The number of carbonyl (C=O) groups excluding carboxylic acids is 1. The third-order valence-corrected chi connectivity index (χ3v) is 4.88. The molecule has 0 unspecified atom stereocenters. The molecule has 0 radical (unpaired) electrons. The fourth-order valence-electron chi connectivity index (χ4n) is 2.70. The second kappa shape index (κ2) is 6.17. The van der Waals surface area contributed by atoms with E-state index in [1.807, 2.05) is 37.3 Å². The van der Waals surface area contributed by atoms with Gasteiger partial charge in [-0.25, -0.2) is 0 Å². The molecule has 0 heterocycles. The van der Waals surface area contributed by atoms with Crippen molar-refractivity contribution in [2.24, 2.45) is 0 Å². The first-order chi connectivity index (χ1) is 10.9. The monoisotopic (exact) mass is 393 g/mol. The minimum atomic E-state index is -0.319. The molecule has 0 bridgehead atoms. The molecule has 2 aromatic carbocycles. The lowest BCUT2D eigenvalue weighted by atomic mass is 10.0. The number of nitrogens with one attached hydrogen (secondary N) is 1. The molecule has 1 saturated carbocycles. The van der Waals surface area contributed by atoms with Crippen LogP contribution in [0.1, 0.15) is 34.3 Å². The molecule has 0 saturated heterocycles. The van der Waals surface area contributed by atoms with Gasteiger partial charge in [0, 0.05) is 15.1 Å². The van der Waals surface area contributed by atoms with E-state index in [0.29, 0.717) is 16.3 Å². The number of ether oxygens (including phenoxy) is 1. The minimum Gasteiger partial charge on any atom is -0.497 e. The minimum absolute atomic E-state index is 0.0880. The number of benzene rings is 2.